The number of aliphatic imine (C=N–C) groups is 1. The summed E-state index contributed by atoms with van der Waals surface area (Å²) in [7, 11) is 0. The lowest BCUT2D eigenvalue weighted by Gasteiger charge is -2.30. The van der Waals surface area contributed by atoms with Crippen LogP contribution in [0.4, 0.5) is 17.6 Å². The van der Waals surface area contributed by atoms with Crippen LogP contribution in [0.2, 0.25) is 0 Å². The lowest BCUT2D eigenvalue weighted by Crippen LogP contribution is -2.39. The summed E-state index contributed by atoms with van der Waals surface area (Å²) in [4.78, 5) is 25.9. The van der Waals surface area contributed by atoms with Gasteiger partial charge in [-0.15, -0.1) is 0 Å². The predicted molar refractivity (Wildman–Crippen MR) is 191 cm³/mol. The number of aromatic amines is 1. The molecule has 2 aliphatic heterocycles. The van der Waals surface area contributed by atoms with Gasteiger partial charge in [-0.25, -0.2) is 32.0 Å². The number of hydrogen-bond donors (Lipinski definition) is 3. The number of carbonyl (C=O) groups excluding carboxylic acids is 1. The molecule has 1 aromatic heterocycles. The van der Waals surface area contributed by atoms with Gasteiger partial charge in [-0.1, -0.05) is 32.3 Å². The SMILES string of the molecule is C=C(NCC1=NC=C(c2ccc(C#Cc3ccc4nc(C(NC(=O)C5CCC(F)(F)CC5)C(C)C)[nH]c4c3)cc2)[N+]12CC2)C1CCC(F)(F)CC1. The number of rotatable bonds is 9. The van der Waals surface area contributed by atoms with E-state index >= 15 is 0 Å². The molecule has 1 saturated heterocycles. The molecule has 11 heteroatoms. The number of aromatic nitrogens is 2. The first-order chi connectivity index (χ1) is 24.3. The van der Waals surface area contributed by atoms with Gasteiger partial charge in [0.1, 0.15) is 25.5 Å². The molecule has 0 radical (unpaired) electrons. The molecule has 3 N–H and O–H groups in total. The Hall–Kier alpha value is -4.43. The first-order valence-corrected chi connectivity index (χ1v) is 18.1. The van der Waals surface area contributed by atoms with E-state index in [0.717, 1.165) is 58.0 Å². The Kier molecular flexibility index (Phi) is 9.34. The minimum absolute atomic E-state index is 0.0388. The van der Waals surface area contributed by atoms with E-state index in [0.29, 0.717) is 29.7 Å². The van der Waals surface area contributed by atoms with Gasteiger partial charge in [-0.05, 0) is 80.0 Å². The van der Waals surface area contributed by atoms with E-state index in [1.54, 1.807) is 0 Å². The molecule has 1 atom stereocenters. The summed E-state index contributed by atoms with van der Waals surface area (Å²) in [6, 6.07) is 13.6. The molecule has 1 amide bonds. The Balaban J connectivity index is 0.963. The van der Waals surface area contributed by atoms with Gasteiger partial charge < -0.3 is 15.6 Å². The van der Waals surface area contributed by atoms with Crippen molar-refractivity contribution in [3.63, 3.8) is 0 Å². The molecule has 7 rings (SSSR count). The van der Waals surface area contributed by atoms with E-state index in [2.05, 4.69) is 46.2 Å². The summed E-state index contributed by atoms with van der Waals surface area (Å²) >= 11 is 0. The number of amidine groups is 1. The Morgan fingerprint density at radius 2 is 1.55 bits per heavy atom. The second-order valence-corrected chi connectivity index (χ2v) is 15.0. The quantitative estimate of drug-likeness (QED) is 0.0914. The van der Waals surface area contributed by atoms with Gasteiger partial charge in [-0.3, -0.25) is 4.79 Å². The first-order valence-electron chi connectivity index (χ1n) is 18.1. The van der Waals surface area contributed by atoms with Gasteiger partial charge in [0, 0.05) is 54.0 Å². The van der Waals surface area contributed by atoms with Crippen molar-refractivity contribution >= 4 is 28.5 Å². The number of halogens is 4. The van der Waals surface area contributed by atoms with E-state index in [-0.39, 0.29) is 62.3 Å². The molecule has 3 heterocycles. The van der Waals surface area contributed by atoms with Crippen LogP contribution in [0.15, 0.2) is 65.9 Å². The van der Waals surface area contributed by atoms with Crippen molar-refractivity contribution in [1.82, 2.24) is 20.6 Å². The maximum atomic E-state index is 13.6. The van der Waals surface area contributed by atoms with Crippen LogP contribution in [-0.4, -0.2) is 57.7 Å². The standard InChI is InChI=1S/C40H44F4N6O/c1-25(2)36(49-38(51)31-14-18-40(43,44)19-15-31)37-47-32-11-8-28(22-33(32)48-37)5-4-27-6-9-30(10-7-27)34-23-46-35(50(34)20-21-50)24-45-26(3)29-12-16-39(41,42)17-13-29/h6-11,22-23,25,29,31,36,45H,3,12-21,24H2,1-2H3,(H-,47,48,49,51)/p+1. The van der Waals surface area contributed by atoms with Crippen molar-refractivity contribution in [2.24, 2.45) is 22.7 Å². The molecule has 7 nitrogen and oxygen atoms in total. The smallest absolute Gasteiger partial charge is 0.248 e. The lowest BCUT2D eigenvalue weighted by atomic mass is 9.85. The largest absolute Gasteiger partial charge is 0.378 e. The maximum Gasteiger partial charge on any atom is 0.248 e. The number of nitrogens with one attached hydrogen (secondary N) is 3. The van der Waals surface area contributed by atoms with Gasteiger partial charge in [0.25, 0.3) is 0 Å². The average molecular weight is 702 g/mol. The van der Waals surface area contributed by atoms with Gasteiger partial charge in [0.15, 0.2) is 5.70 Å². The molecule has 2 aromatic carbocycles. The molecule has 268 valence electrons. The lowest BCUT2D eigenvalue weighted by molar-refractivity contribution is -0.611. The highest BCUT2D eigenvalue weighted by Crippen LogP contribution is 2.42. The third kappa shape index (κ3) is 7.62. The zero-order valence-corrected chi connectivity index (χ0v) is 29.2. The number of nitrogens with zero attached hydrogens (tertiary/aromatic N) is 3. The van der Waals surface area contributed by atoms with Gasteiger partial charge in [0.2, 0.25) is 23.6 Å². The fraction of sp³-hybridized carbons (Fsp3) is 0.475. The van der Waals surface area contributed by atoms with E-state index < -0.39 is 17.8 Å². The van der Waals surface area contributed by atoms with Crippen LogP contribution in [0.25, 0.3) is 16.7 Å². The minimum atomic E-state index is -2.68. The van der Waals surface area contributed by atoms with Crippen molar-refractivity contribution in [2.45, 2.75) is 83.1 Å². The number of quaternary nitrogens is 1. The number of fused-ring (bicyclic) bond motifs is 1. The molecular weight excluding hydrogens is 656 g/mol. The first kappa shape index (κ1) is 35.0. The molecule has 51 heavy (non-hydrogen) atoms. The zero-order chi connectivity index (χ0) is 36.0. The highest BCUT2D eigenvalue weighted by Gasteiger charge is 2.54. The second-order valence-electron chi connectivity index (χ2n) is 15.0. The summed E-state index contributed by atoms with van der Waals surface area (Å²) in [6.45, 7) is 10.6. The van der Waals surface area contributed by atoms with E-state index in [9.17, 15) is 22.4 Å². The number of carbonyl (C=O) groups is 1. The Morgan fingerprint density at radius 1 is 0.941 bits per heavy atom. The number of amides is 1. The highest BCUT2D eigenvalue weighted by atomic mass is 19.3. The van der Waals surface area contributed by atoms with Crippen LogP contribution < -0.4 is 10.6 Å². The summed E-state index contributed by atoms with van der Waals surface area (Å²) in [5, 5.41) is 6.46. The van der Waals surface area contributed by atoms with Gasteiger partial charge in [0.05, 0.1) is 23.3 Å². The van der Waals surface area contributed by atoms with Crippen LogP contribution >= 0.6 is 0 Å². The van der Waals surface area contributed by atoms with Crippen LogP contribution in [0.1, 0.15) is 93.8 Å². The summed E-state index contributed by atoms with van der Waals surface area (Å²) in [5.74, 6) is 2.43. The van der Waals surface area contributed by atoms with Crippen LogP contribution in [-0.2, 0) is 4.79 Å². The normalized spacial score (nSPS) is 21.5. The van der Waals surface area contributed by atoms with Crippen molar-refractivity contribution in [2.75, 3.05) is 19.6 Å². The molecule has 2 saturated carbocycles. The number of hydrogen-bond acceptors (Lipinski definition) is 4. The molecular formula is C40H45F4N6O+. The molecule has 0 bridgehead atoms. The van der Waals surface area contributed by atoms with Crippen LogP contribution in [0.3, 0.4) is 0 Å². The molecule has 2 aliphatic carbocycles. The van der Waals surface area contributed by atoms with Crippen molar-refractivity contribution < 1.29 is 26.8 Å². The van der Waals surface area contributed by atoms with Crippen LogP contribution in [0.5, 0.6) is 0 Å². The summed E-state index contributed by atoms with van der Waals surface area (Å²) in [6.07, 6.45) is 2.57. The van der Waals surface area contributed by atoms with E-state index in [1.807, 2.05) is 50.4 Å². The van der Waals surface area contributed by atoms with Gasteiger partial charge >= 0.3 is 0 Å². The molecule has 1 spiro atoms. The Bertz CT molecular complexity index is 1930. The van der Waals surface area contributed by atoms with Crippen molar-refractivity contribution in [3.8, 4) is 11.8 Å². The van der Waals surface area contributed by atoms with Crippen molar-refractivity contribution in [3.05, 3.63) is 83.5 Å². The third-order valence-electron chi connectivity index (χ3n) is 11.0. The monoisotopic (exact) mass is 701 g/mol. The maximum absolute atomic E-state index is 13.6. The Labute approximate surface area is 296 Å². The van der Waals surface area contributed by atoms with Gasteiger partial charge in [-0.2, -0.15) is 0 Å². The second kappa shape index (κ2) is 13.6. The van der Waals surface area contributed by atoms with Crippen molar-refractivity contribution in [1.29, 1.82) is 0 Å². The average Bonchev–Trinajstić information content (AvgIpc) is 3.65. The van der Waals surface area contributed by atoms with E-state index in [4.69, 9.17) is 9.98 Å². The predicted octanol–water partition coefficient (Wildman–Crippen LogP) is 8.07. The molecule has 3 aromatic rings. The van der Waals surface area contributed by atoms with E-state index in [1.165, 1.54) is 0 Å². The number of imidazole rings is 1. The fourth-order valence-corrected chi connectivity index (χ4v) is 7.59. The number of benzene rings is 2. The number of alkyl halides is 4. The molecule has 4 aliphatic rings. The zero-order valence-electron chi connectivity index (χ0n) is 29.2. The third-order valence-corrected chi connectivity index (χ3v) is 11.0. The summed E-state index contributed by atoms with van der Waals surface area (Å²) < 4.78 is 55.2. The number of allylic oxidation sites excluding steroid dienone is 1. The van der Waals surface area contributed by atoms with Crippen LogP contribution in [0, 0.1) is 29.6 Å². The molecule has 1 unspecified atom stereocenters. The highest BCUT2D eigenvalue weighted by molar-refractivity contribution is 5.89. The number of H-pyrrole nitrogens is 1. The summed E-state index contributed by atoms with van der Waals surface area (Å²) in [5.41, 5.74) is 6.31. The topological polar surface area (TPSA) is 82.2 Å². The Morgan fingerprint density at radius 3 is 2.18 bits per heavy atom. The fourth-order valence-electron chi connectivity index (χ4n) is 7.59. The molecule has 3 fully saturated rings. The minimum Gasteiger partial charge on any atom is -0.378 e.